The first-order valence-corrected chi connectivity index (χ1v) is 6.46. The van der Waals surface area contributed by atoms with Gasteiger partial charge in [-0.2, -0.15) is 0 Å². The van der Waals surface area contributed by atoms with Gasteiger partial charge in [0.25, 0.3) is 0 Å². The summed E-state index contributed by atoms with van der Waals surface area (Å²) in [7, 11) is 0. The lowest BCUT2D eigenvalue weighted by molar-refractivity contribution is -0.153. The van der Waals surface area contributed by atoms with Crippen LogP contribution in [0.5, 0.6) is 0 Å². The molecule has 0 bridgehead atoms. The number of benzene rings is 1. The molecule has 98 valence electrons. The molecular weight excluding hydrogens is 226 g/mol. The lowest BCUT2D eigenvalue weighted by atomic mass is 9.78. The summed E-state index contributed by atoms with van der Waals surface area (Å²) < 4.78 is 5.24. The molecule has 18 heavy (non-hydrogen) atoms. The van der Waals surface area contributed by atoms with Crippen molar-refractivity contribution >= 4 is 5.97 Å². The zero-order chi connectivity index (χ0) is 13.2. The lowest BCUT2D eigenvalue weighted by Crippen LogP contribution is -2.35. The Balaban J connectivity index is 1.70. The van der Waals surface area contributed by atoms with Crippen LogP contribution in [0.4, 0.5) is 0 Å². The van der Waals surface area contributed by atoms with E-state index in [1.165, 1.54) is 11.1 Å². The summed E-state index contributed by atoms with van der Waals surface area (Å²) >= 11 is 0. The van der Waals surface area contributed by atoms with Crippen molar-refractivity contribution in [2.75, 3.05) is 13.1 Å². The molecule has 1 unspecified atom stereocenters. The zero-order valence-corrected chi connectivity index (χ0v) is 11.3. The van der Waals surface area contributed by atoms with Crippen LogP contribution < -0.4 is 5.32 Å². The van der Waals surface area contributed by atoms with E-state index in [-0.39, 0.29) is 12.5 Å². The molecule has 0 radical (unpaired) electrons. The summed E-state index contributed by atoms with van der Waals surface area (Å²) in [6.07, 6.45) is 1.11. The Morgan fingerprint density at radius 1 is 1.39 bits per heavy atom. The normalized spacial score (nSPS) is 17.8. The topological polar surface area (TPSA) is 38.3 Å². The summed E-state index contributed by atoms with van der Waals surface area (Å²) in [6, 6.07) is 8.47. The van der Waals surface area contributed by atoms with E-state index in [1.807, 2.05) is 20.8 Å². The van der Waals surface area contributed by atoms with Crippen LogP contribution in [-0.4, -0.2) is 24.7 Å². The highest BCUT2D eigenvalue weighted by Gasteiger charge is 2.25. The Morgan fingerprint density at radius 2 is 2.11 bits per heavy atom. The van der Waals surface area contributed by atoms with Crippen molar-refractivity contribution in [3.63, 3.8) is 0 Å². The molecule has 0 heterocycles. The third kappa shape index (κ3) is 3.33. The SMILES string of the molecule is CC(C)(C)OC(=O)CNCC1Cc2ccccc21. The van der Waals surface area contributed by atoms with Crippen molar-refractivity contribution in [2.45, 2.75) is 38.7 Å². The number of carbonyl (C=O) groups is 1. The summed E-state index contributed by atoms with van der Waals surface area (Å²) in [5.41, 5.74) is 2.44. The number of esters is 1. The van der Waals surface area contributed by atoms with Gasteiger partial charge in [-0.25, -0.2) is 0 Å². The number of ether oxygens (including phenoxy) is 1. The maximum Gasteiger partial charge on any atom is 0.320 e. The van der Waals surface area contributed by atoms with E-state index in [1.54, 1.807) is 0 Å². The summed E-state index contributed by atoms with van der Waals surface area (Å²) in [5.74, 6) is 0.360. The van der Waals surface area contributed by atoms with Gasteiger partial charge in [-0.3, -0.25) is 4.79 Å². The fourth-order valence-corrected chi connectivity index (χ4v) is 2.27. The first kappa shape index (κ1) is 13.1. The molecule has 0 spiro atoms. The predicted molar refractivity (Wildman–Crippen MR) is 71.6 cm³/mol. The monoisotopic (exact) mass is 247 g/mol. The molecule has 0 aromatic heterocycles. The number of hydrogen-bond donors (Lipinski definition) is 1. The van der Waals surface area contributed by atoms with E-state index in [0.29, 0.717) is 5.92 Å². The van der Waals surface area contributed by atoms with Crippen LogP contribution >= 0.6 is 0 Å². The molecule has 1 aliphatic carbocycles. The van der Waals surface area contributed by atoms with Crippen molar-refractivity contribution in [3.8, 4) is 0 Å². The van der Waals surface area contributed by atoms with Crippen LogP contribution in [0.25, 0.3) is 0 Å². The Bertz CT molecular complexity index is 434. The average molecular weight is 247 g/mol. The van der Waals surface area contributed by atoms with Crippen molar-refractivity contribution in [2.24, 2.45) is 0 Å². The number of fused-ring (bicyclic) bond motifs is 1. The van der Waals surface area contributed by atoms with E-state index in [2.05, 4.69) is 29.6 Å². The van der Waals surface area contributed by atoms with Crippen LogP contribution in [0.3, 0.4) is 0 Å². The van der Waals surface area contributed by atoms with Gasteiger partial charge in [0.15, 0.2) is 0 Å². The van der Waals surface area contributed by atoms with Gasteiger partial charge in [-0.05, 0) is 38.3 Å². The second-order valence-electron chi connectivity index (χ2n) is 5.82. The molecule has 0 aliphatic heterocycles. The van der Waals surface area contributed by atoms with Crippen molar-refractivity contribution in [1.82, 2.24) is 5.32 Å². The Morgan fingerprint density at radius 3 is 2.78 bits per heavy atom. The fourth-order valence-electron chi connectivity index (χ4n) is 2.27. The molecule has 0 amide bonds. The quantitative estimate of drug-likeness (QED) is 0.829. The molecule has 0 saturated carbocycles. The van der Waals surface area contributed by atoms with Crippen LogP contribution in [0.1, 0.15) is 37.8 Å². The van der Waals surface area contributed by atoms with Gasteiger partial charge in [-0.15, -0.1) is 0 Å². The molecule has 2 rings (SSSR count). The van der Waals surface area contributed by atoms with E-state index in [4.69, 9.17) is 4.74 Å². The van der Waals surface area contributed by atoms with Crippen LogP contribution in [0.2, 0.25) is 0 Å². The highest BCUT2D eigenvalue weighted by Crippen LogP contribution is 2.33. The average Bonchev–Trinajstić information content (AvgIpc) is 2.22. The standard InChI is InChI=1S/C15H21NO2/c1-15(2,3)18-14(17)10-16-9-12-8-11-6-4-5-7-13(11)12/h4-7,12,16H,8-10H2,1-3H3. The number of nitrogens with one attached hydrogen (secondary N) is 1. The summed E-state index contributed by atoms with van der Waals surface area (Å²) in [4.78, 5) is 11.5. The highest BCUT2D eigenvalue weighted by molar-refractivity contribution is 5.72. The van der Waals surface area contributed by atoms with Gasteiger partial charge in [0.1, 0.15) is 5.60 Å². The van der Waals surface area contributed by atoms with Crippen molar-refractivity contribution < 1.29 is 9.53 Å². The second kappa shape index (κ2) is 5.11. The minimum atomic E-state index is -0.401. The first-order valence-electron chi connectivity index (χ1n) is 6.46. The van der Waals surface area contributed by atoms with Gasteiger partial charge in [0, 0.05) is 12.5 Å². The number of carbonyl (C=O) groups excluding carboxylic acids is 1. The molecule has 1 aliphatic rings. The minimum Gasteiger partial charge on any atom is -0.459 e. The second-order valence-corrected chi connectivity index (χ2v) is 5.82. The highest BCUT2D eigenvalue weighted by atomic mass is 16.6. The molecular formula is C15H21NO2. The number of hydrogen-bond acceptors (Lipinski definition) is 3. The summed E-state index contributed by atoms with van der Waals surface area (Å²) in [6.45, 7) is 6.78. The van der Waals surface area contributed by atoms with E-state index < -0.39 is 5.60 Å². The molecule has 1 aromatic carbocycles. The maximum atomic E-state index is 11.5. The van der Waals surface area contributed by atoms with Gasteiger partial charge >= 0.3 is 5.97 Å². The van der Waals surface area contributed by atoms with E-state index >= 15 is 0 Å². The third-order valence-electron chi connectivity index (χ3n) is 3.04. The minimum absolute atomic E-state index is 0.185. The first-order chi connectivity index (χ1) is 8.46. The zero-order valence-electron chi connectivity index (χ0n) is 11.3. The van der Waals surface area contributed by atoms with Crippen molar-refractivity contribution in [3.05, 3.63) is 35.4 Å². The molecule has 1 N–H and O–H groups in total. The Hall–Kier alpha value is -1.35. The molecule has 0 saturated heterocycles. The van der Waals surface area contributed by atoms with Crippen LogP contribution in [0, 0.1) is 0 Å². The Labute approximate surface area is 109 Å². The number of rotatable bonds is 4. The van der Waals surface area contributed by atoms with Crippen LogP contribution in [-0.2, 0) is 16.0 Å². The van der Waals surface area contributed by atoms with Gasteiger partial charge in [0.05, 0.1) is 6.54 Å². The van der Waals surface area contributed by atoms with Gasteiger partial charge in [0.2, 0.25) is 0 Å². The van der Waals surface area contributed by atoms with E-state index in [9.17, 15) is 4.79 Å². The largest absolute Gasteiger partial charge is 0.459 e. The van der Waals surface area contributed by atoms with Gasteiger partial charge < -0.3 is 10.1 Å². The smallest absolute Gasteiger partial charge is 0.320 e. The molecule has 0 fully saturated rings. The predicted octanol–water partition coefficient (Wildman–Crippen LogP) is 2.26. The van der Waals surface area contributed by atoms with Crippen molar-refractivity contribution in [1.29, 1.82) is 0 Å². The third-order valence-corrected chi connectivity index (χ3v) is 3.04. The lowest BCUT2D eigenvalue weighted by Gasteiger charge is -2.30. The van der Waals surface area contributed by atoms with Gasteiger partial charge in [-0.1, -0.05) is 24.3 Å². The molecule has 3 heteroatoms. The molecule has 1 aromatic rings. The van der Waals surface area contributed by atoms with E-state index in [0.717, 1.165) is 13.0 Å². The maximum absolute atomic E-state index is 11.5. The fraction of sp³-hybridized carbons (Fsp3) is 0.533. The molecule has 3 nitrogen and oxygen atoms in total. The Kier molecular flexibility index (Phi) is 3.71. The van der Waals surface area contributed by atoms with Crippen LogP contribution in [0.15, 0.2) is 24.3 Å². The molecule has 1 atom stereocenters. The summed E-state index contributed by atoms with van der Waals surface area (Å²) in [5, 5.41) is 3.18.